The van der Waals surface area contributed by atoms with Crippen LogP contribution in [0.3, 0.4) is 0 Å². The van der Waals surface area contributed by atoms with Crippen LogP contribution in [0.4, 0.5) is 0 Å². The van der Waals surface area contributed by atoms with Crippen LogP contribution in [0.2, 0.25) is 5.02 Å². The van der Waals surface area contributed by atoms with Gasteiger partial charge in [0.2, 0.25) is 0 Å². The Hall–Kier alpha value is -3.71. The summed E-state index contributed by atoms with van der Waals surface area (Å²) in [5.74, 6) is -0.767. The molecule has 0 aliphatic carbocycles. The van der Waals surface area contributed by atoms with E-state index in [1.807, 2.05) is 6.92 Å². The lowest BCUT2D eigenvalue weighted by molar-refractivity contribution is -0.140. The normalized spacial score (nSPS) is 21.3. The first-order valence-corrected chi connectivity index (χ1v) is 10.8. The lowest BCUT2D eigenvalue weighted by Crippen LogP contribution is -2.29. The third-order valence-corrected chi connectivity index (χ3v) is 6.21. The fraction of sp³-hybridized carbons (Fsp3) is 0.200. The van der Waals surface area contributed by atoms with Crippen LogP contribution in [0.5, 0.6) is 11.5 Å². The zero-order chi connectivity index (χ0) is 23.3. The van der Waals surface area contributed by atoms with Crippen LogP contribution in [-0.4, -0.2) is 32.9 Å². The Morgan fingerprint density at radius 1 is 1.18 bits per heavy atom. The van der Waals surface area contributed by atoms with Crippen LogP contribution in [0.1, 0.15) is 35.4 Å². The number of aliphatic hydroxyl groups excluding tert-OH is 1. The summed E-state index contributed by atoms with van der Waals surface area (Å²) in [5.41, 5.74) is 1.75. The van der Waals surface area contributed by atoms with E-state index in [-0.39, 0.29) is 34.8 Å². The Bertz CT molecular complexity index is 1300. The van der Waals surface area contributed by atoms with Gasteiger partial charge in [-0.15, -0.1) is 0 Å². The average molecular weight is 466 g/mol. The van der Waals surface area contributed by atoms with Gasteiger partial charge < -0.3 is 24.3 Å². The number of Topliss-reactive ketones (excluding diaryl/α,β-unsaturated/α-hetero) is 1. The predicted octanol–water partition coefficient (Wildman–Crippen LogP) is 4.58. The zero-order valence-electron chi connectivity index (χ0n) is 17.6. The minimum Gasteiger partial charge on any atom is -0.507 e. The van der Waals surface area contributed by atoms with E-state index in [4.69, 9.17) is 20.8 Å². The van der Waals surface area contributed by atoms with Crippen LogP contribution in [0, 0.1) is 0 Å². The molecule has 7 nitrogen and oxygen atoms in total. The van der Waals surface area contributed by atoms with Crippen LogP contribution in [0.25, 0.3) is 5.76 Å². The average Bonchev–Trinajstić information content (AvgIpc) is 3.49. The molecule has 1 saturated heterocycles. The highest BCUT2D eigenvalue weighted by molar-refractivity contribution is 6.46. The van der Waals surface area contributed by atoms with Crippen molar-refractivity contribution >= 4 is 29.1 Å². The number of carbonyl (C=O) groups is 2. The molecule has 33 heavy (non-hydrogen) atoms. The van der Waals surface area contributed by atoms with Crippen LogP contribution >= 0.6 is 11.6 Å². The van der Waals surface area contributed by atoms with E-state index in [1.54, 1.807) is 36.4 Å². The molecule has 2 aromatic carbocycles. The Morgan fingerprint density at radius 2 is 2.00 bits per heavy atom. The summed E-state index contributed by atoms with van der Waals surface area (Å²) in [6, 6.07) is 12.1. The second kappa shape index (κ2) is 8.01. The summed E-state index contributed by atoms with van der Waals surface area (Å²) in [5, 5.41) is 21.2. The summed E-state index contributed by atoms with van der Waals surface area (Å²) in [6.07, 6.45) is 2.18. The number of rotatable bonds is 4. The number of likely N-dealkylation sites (tertiary alicyclic amines) is 1. The smallest absolute Gasteiger partial charge is 0.296 e. The maximum absolute atomic E-state index is 13.1. The zero-order valence-corrected chi connectivity index (χ0v) is 18.4. The highest BCUT2D eigenvalue weighted by Crippen LogP contribution is 2.42. The van der Waals surface area contributed by atoms with Gasteiger partial charge in [-0.2, -0.15) is 0 Å². The number of furan rings is 1. The fourth-order valence-corrected chi connectivity index (χ4v) is 4.57. The molecule has 168 valence electrons. The molecule has 2 aliphatic heterocycles. The number of amides is 1. The molecule has 5 rings (SSSR count). The second-order valence-corrected chi connectivity index (χ2v) is 8.58. The first-order valence-electron chi connectivity index (χ1n) is 10.4. The minimum atomic E-state index is -0.920. The first kappa shape index (κ1) is 21.2. The molecule has 8 heteroatoms. The fourth-order valence-electron chi connectivity index (χ4n) is 4.38. The molecule has 2 unspecified atom stereocenters. The van der Waals surface area contributed by atoms with Crippen molar-refractivity contribution in [1.29, 1.82) is 0 Å². The molecule has 3 heterocycles. The summed E-state index contributed by atoms with van der Waals surface area (Å²) in [6.45, 7) is 1.97. The lowest BCUT2D eigenvalue weighted by Gasteiger charge is -2.24. The summed E-state index contributed by atoms with van der Waals surface area (Å²) in [7, 11) is 0. The van der Waals surface area contributed by atoms with E-state index >= 15 is 0 Å². The van der Waals surface area contributed by atoms with Gasteiger partial charge in [-0.3, -0.25) is 9.59 Å². The topological polar surface area (TPSA) is 100 Å². The number of carbonyl (C=O) groups excluding carboxylic acids is 2. The van der Waals surface area contributed by atoms with Gasteiger partial charge in [-0.1, -0.05) is 17.7 Å². The predicted molar refractivity (Wildman–Crippen MR) is 120 cm³/mol. The van der Waals surface area contributed by atoms with Crippen molar-refractivity contribution < 1.29 is 29.0 Å². The molecular weight excluding hydrogens is 446 g/mol. The Labute approximate surface area is 194 Å². The van der Waals surface area contributed by atoms with E-state index < -0.39 is 17.7 Å². The van der Waals surface area contributed by atoms with Gasteiger partial charge in [0.25, 0.3) is 11.7 Å². The molecule has 0 spiro atoms. The third-order valence-electron chi connectivity index (χ3n) is 5.90. The Kier molecular flexibility index (Phi) is 5.13. The van der Waals surface area contributed by atoms with E-state index in [1.165, 1.54) is 23.3 Å². The Morgan fingerprint density at radius 3 is 2.73 bits per heavy atom. The number of phenolic OH excluding ortho intramolecular Hbond substituents is 1. The molecule has 0 saturated carbocycles. The van der Waals surface area contributed by atoms with E-state index in [0.29, 0.717) is 23.3 Å². The number of nitrogens with zero attached hydrogens (tertiary/aromatic N) is 1. The molecule has 3 aromatic rings. The number of hydrogen-bond acceptors (Lipinski definition) is 6. The molecule has 2 aliphatic rings. The van der Waals surface area contributed by atoms with Gasteiger partial charge in [-0.25, -0.2) is 0 Å². The molecule has 1 aromatic heterocycles. The van der Waals surface area contributed by atoms with E-state index in [0.717, 1.165) is 11.3 Å². The van der Waals surface area contributed by atoms with Gasteiger partial charge in [0, 0.05) is 12.0 Å². The number of halogens is 1. The van der Waals surface area contributed by atoms with Crippen molar-refractivity contribution in [2.24, 2.45) is 0 Å². The highest BCUT2D eigenvalue weighted by Gasteiger charge is 2.46. The Balaban J connectivity index is 1.65. The number of ether oxygens (including phenoxy) is 1. The van der Waals surface area contributed by atoms with Crippen molar-refractivity contribution in [2.75, 3.05) is 0 Å². The van der Waals surface area contributed by atoms with Crippen LogP contribution < -0.4 is 4.74 Å². The lowest BCUT2D eigenvalue weighted by atomic mass is 9.94. The number of phenols is 1. The highest BCUT2D eigenvalue weighted by atomic mass is 35.5. The van der Waals surface area contributed by atoms with E-state index in [2.05, 4.69) is 0 Å². The van der Waals surface area contributed by atoms with Crippen molar-refractivity contribution in [3.63, 3.8) is 0 Å². The standard InChI is InChI=1S/C25H20ClNO6/c1-13-9-16-10-15(5-7-20(16)33-13)23(29)21-22(14-4-6-19(28)18(26)11-14)27(25(31)24(21)30)12-17-3-2-8-32-17/h2-8,10-11,13,22,28-29H,9,12H2,1H3/b23-21-. The number of aliphatic hydroxyl groups is 1. The SMILES string of the molecule is CC1Cc2cc(/C(O)=C3/C(=O)C(=O)N(Cc4ccco4)C3c3ccc(O)c(Cl)c3)ccc2O1. The van der Waals surface area contributed by atoms with E-state index in [9.17, 15) is 19.8 Å². The monoisotopic (exact) mass is 465 g/mol. The number of aromatic hydroxyl groups is 1. The van der Waals surface area contributed by atoms with Gasteiger partial charge in [-0.05, 0) is 60.5 Å². The molecule has 0 bridgehead atoms. The van der Waals surface area contributed by atoms with Crippen molar-refractivity contribution in [3.8, 4) is 11.5 Å². The molecule has 1 fully saturated rings. The maximum atomic E-state index is 13.1. The van der Waals surface area contributed by atoms with Crippen LogP contribution in [-0.2, 0) is 22.6 Å². The quantitative estimate of drug-likeness (QED) is 0.332. The maximum Gasteiger partial charge on any atom is 0.296 e. The number of ketones is 1. The summed E-state index contributed by atoms with van der Waals surface area (Å²) >= 11 is 6.13. The van der Waals surface area contributed by atoms with Gasteiger partial charge in [0.05, 0.1) is 29.4 Å². The molecular formula is C25H20ClNO6. The van der Waals surface area contributed by atoms with Gasteiger partial charge in [0.15, 0.2) is 0 Å². The molecule has 1 amide bonds. The first-order chi connectivity index (χ1) is 15.8. The van der Waals surface area contributed by atoms with Crippen LogP contribution in [0.15, 0.2) is 64.8 Å². The number of hydrogen-bond donors (Lipinski definition) is 2. The molecule has 2 N–H and O–H groups in total. The second-order valence-electron chi connectivity index (χ2n) is 8.17. The summed E-state index contributed by atoms with van der Waals surface area (Å²) in [4.78, 5) is 27.5. The number of fused-ring (bicyclic) bond motifs is 1. The van der Waals surface area contributed by atoms with Crippen molar-refractivity contribution in [3.05, 3.63) is 87.8 Å². The van der Waals surface area contributed by atoms with Crippen molar-refractivity contribution in [1.82, 2.24) is 4.90 Å². The molecule has 0 radical (unpaired) electrons. The largest absolute Gasteiger partial charge is 0.507 e. The molecule has 2 atom stereocenters. The minimum absolute atomic E-state index is 0.0209. The summed E-state index contributed by atoms with van der Waals surface area (Å²) < 4.78 is 11.1. The van der Waals surface area contributed by atoms with Gasteiger partial charge in [0.1, 0.15) is 29.1 Å². The third kappa shape index (κ3) is 3.64. The van der Waals surface area contributed by atoms with Gasteiger partial charge >= 0.3 is 0 Å². The van der Waals surface area contributed by atoms with Crippen molar-refractivity contribution in [2.45, 2.75) is 32.0 Å². The number of benzene rings is 2.